The van der Waals surface area contributed by atoms with E-state index in [0.29, 0.717) is 0 Å². The second-order valence-corrected chi connectivity index (χ2v) is 4.87. The summed E-state index contributed by atoms with van der Waals surface area (Å²) in [5.41, 5.74) is -1.54. The summed E-state index contributed by atoms with van der Waals surface area (Å²) < 4.78 is 5.07. The predicted molar refractivity (Wildman–Crippen MR) is 65.5 cm³/mol. The Hall–Kier alpha value is -2.37. The van der Waals surface area contributed by atoms with E-state index in [9.17, 15) is 14.4 Å². The second-order valence-electron chi connectivity index (χ2n) is 4.87. The standard InChI is InChI=1S/C13H14O6/c1-13(2,3)19-12(18)8-5-4-7(10(14)15)6-9(8)11(16)17/h4-6H,1-3H3,(H,14,15)(H,16,17). The molecule has 0 fully saturated rings. The fraction of sp³-hybridized carbons (Fsp3) is 0.308. The number of carboxylic acid groups (broad SMARTS) is 2. The minimum Gasteiger partial charge on any atom is -0.478 e. The molecule has 1 aromatic rings. The van der Waals surface area contributed by atoms with Gasteiger partial charge in [-0.3, -0.25) is 0 Å². The van der Waals surface area contributed by atoms with Gasteiger partial charge in [0.2, 0.25) is 0 Å². The number of rotatable bonds is 3. The van der Waals surface area contributed by atoms with Gasteiger partial charge in [-0.2, -0.15) is 0 Å². The smallest absolute Gasteiger partial charge is 0.339 e. The van der Waals surface area contributed by atoms with Gasteiger partial charge in [-0.1, -0.05) is 0 Å². The maximum absolute atomic E-state index is 11.8. The van der Waals surface area contributed by atoms with E-state index in [2.05, 4.69) is 0 Å². The molecule has 0 saturated carbocycles. The number of benzene rings is 1. The molecule has 6 nitrogen and oxygen atoms in total. The fourth-order valence-electron chi connectivity index (χ4n) is 1.37. The highest BCUT2D eigenvalue weighted by atomic mass is 16.6. The average Bonchev–Trinajstić information content (AvgIpc) is 2.25. The summed E-state index contributed by atoms with van der Waals surface area (Å²) >= 11 is 0. The molecule has 0 unspecified atom stereocenters. The van der Waals surface area contributed by atoms with Crippen LogP contribution in [0, 0.1) is 0 Å². The summed E-state index contributed by atoms with van der Waals surface area (Å²) in [5.74, 6) is -3.45. The molecule has 0 aliphatic carbocycles. The Morgan fingerprint density at radius 3 is 2.00 bits per heavy atom. The molecular weight excluding hydrogens is 252 g/mol. The third-order valence-electron chi connectivity index (χ3n) is 2.12. The first-order chi connectivity index (χ1) is 8.61. The van der Waals surface area contributed by atoms with Crippen LogP contribution in [0.3, 0.4) is 0 Å². The molecule has 1 rings (SSSR count). The SMILES string of the molecule is CC(C)(C)OC(=O)c1ccc(C(=O)O)cc1C(=O)O. The summed E-state index contributed by atoms with van der Waals surface area (Å²) in [6, 6.07) is 3.24. The topological polar surface area (TPSA) is 101 Å². The van der Waals surface area contributed by atoms with Crippen LogP contribution in [0.25, 0.3) is 0 Å². The largest absolute Gasteiger partial charge is 0.478 e. The Balaban J connectivity index is 3.24. The third-order valence-corrected chi connectivity index (χ3v) is 2.12. The molecule has 6 heteroatoms. The number of ether oxygens (including phenoxy) is 1. The molecule has 0 spiro atoms. The van der Waals surface area contributed by atoms with E-state index in [1.165, 1.54) is 0 Å². The van der Waals surface area contributed by atoms with Gasteiger partial charge in [0.1, 0.15) is 5.60 Å². The number of esters is 1. The molecule has 102 valence electrons. The van der Waals surface area contributed by atoms with Crippen LogP contribution in [0.1, 0.15) is 51.8 Å². The van der Waals surface area contributed by atoms with Gasteiger partial charge in [-0.05, 0) is 39.0 Å². The van der Waals surface area contributed by atoms with Crippen LogP contribution in [0.2, 0.25) is 0 Å². The summed E-state index contributed by atoms with van der Waals surface area (Å²) in [4.78, 5) is 33.7. The number of hydrogen-bond acceptors (Lipinski definition) is 4. The fourth-order valence-corrected chi connectivity index (χ4v) is 1.37. The Bertz CT molecular complexity index is 539. The minimum absolute atomic E-state index is 0.174. The number of aromatic carboxylic acids is 2. The van der Waals surface area contributed by atoms with Crippen LogP contribution < -0.4 is 0 Å². The summed E-state index contributed by atoms with van der Waals surface area (Å²) in [5, 5.41) is 17.8. The van der Waals surface area contributed by atoms with Crippen LogP contribution in [0.4, 0.5) is 0 Å². The van der Waals surface area contributed by atoms with E-state index in [4.69, 9.17) is 14.9 Å². The van der Waals surface area contributed by atoms with Crippen LogP contribution in [0.15, 0.2) is 18.2 Å². The van der Waals surface area contributed by atoms with Crippen LogP contribution in [-0.2, 0) is 4.74 Å². The molecule has 0 heterocycles. The van der Waals surface area contributed by atoms with Crippen molar-refractivity contribution < 1.29 is 29.3 Å². The zero-order valence-electron chi connectivity index (χ0n) is 10.8. The first kappa shape index (κ1) is 14.7. The van der Waals surface area contributed by atoms with Crippen LogP contribution >= 0.6 is 0 Å². The van der Waals surface area contributed by atoms with Gasteiger partial charge in [0.05, 0.1) is 16.7 Å². The average molecular weight is 266 g/mol. The lowest BCUT2D eigenvalue weighted by molar-refractivity contribution is 0.00654. The summed E-state index contributed by atoms with van der Waals surface area (Å²) in [6.07, 6.45) is 0. The van der Waals surface area contributed by atoms with E-state index in [-0.39, 0.29) is 11.1 Å². The lowest BCUT2D eigenvalue weighted by Crippen LogP contribution is -2.25. The van der Waals surface area contributed by atoms with Crippen molar-refractivity contribution in [3.8, 4) is 0 Å². The summed E-state index contributed by atoms with van der Waals surface area (Å²) in [7, 11) is 0. The second kappa shape index (κ2) is 5.09. The van der Waals surface area contributed by atoms with E-state index in [0.717, 1.165) is 18.2 Å². The molecule has 0 saturated heterocycles. The maximum atomic E-state index is 11.8. The molecule has 0 atom stereocenters. The van der Waals surface area contributed by atoms with Gasteiger partial charge in [0.15, 0.2) is 0 Å². The van der Waals surface area contributed by atoms with E-state index < -0.39 is 29.1 Å². The first-order valence-electron chi connectivity index (χ1n) is 5.46. The minimum atomic E-state index is -1.39. The maximum Gasteiger partial charge on any atom is 0.339 e. The molecule has 0 aliphatic rings. The molecule has 0 aromatic heterocycles. The monoisotopic (exact) mass is 266 g/mol. The quantitative estimate of drug-likeness (QED) is 0.812. The number of carbonyl (C=O) groups excluding carboxylic acids is 1. The predicted octanol–water partition coefficient (Wildman–Crippen LogP) is 2.04. The normalized spacial score (nSPS) is 10.9. The van der Waals surface area contributed by atoms with Crippen molar-refractivity contribution in [1.29, 1.82) is 0 Å². The Morgan fingerprint density at radius 1 is 1.00 bits per heavy atom. The molecule has 0 amide bonds. The Kier molecular flexibility index (Phi) is 3.94. The van der Waals surface area contributed by atoms with E-state index in [1.807, 2.05) is 0 Å². The van der Waals surface area contributed by atoms with Crippen molar-refractivity contribution >= 4 is 17.9 Å². The van der Waals surface area contributed by atoms with Crippen molar-refractivity contribution in [3.63, 3.8) is 0 Å². The Morgan fingerprint density at radius 2 is 1.58 bits per heavy atom. The van der Waals surface area contributed by atoms with Crippen molar-refractivity contribution in [1.82, 2.24) is 0 Å². The zero-order chi connectivity index (χ0) is 14.8. The van der Waals surface area contributed by atoms with Gasteiger partial charge in [-0.25, -0.2) is 14.4 Å². The molecule has 19 heavy (non-hydrogen) atoms. The van der Waals surface area contributed by atoms with Crippen LogP contribution in [-0.4, -0.2) is 33.7 Å². The molecule has 0 radical (unpaired) electrons. The first-order valence-corrected chi connectivity index (χ1v) is 5.46. The molecule has 0 bridgehead atoms. The van der Waals surface area contributed by atoms with Gasteiger partial charge in [-0.15, -0.1) is 0 Å². The van der Waals surface area contributed by atoms with Crippen molar-refractivity contribution in [2.45, 2.75) is 26.4 Å². The lowest BCUT2D eigenvalue weighted by Gasteiger charge is -2.20. The Labute approximate surface area is 109 Å². The number of carboxylic acids is 2. The van der Waals surface area contributed by atoms with E-state index >= 15 is 0 Å². The van der Waals surface area contributed by atoms with Crippen molar-refractivity contribution in [3.05, 3.63) is 34.9 Å². The van der Waals surface area contributed by atoms with Gasteiger partial charge < -0.3 is 14.9 Å². The van der Waals surface area contributed by atoms with Crippen molar-refractivity contribution in [2.24, 2.45) is 0 Å². The van der Waals surface area contributed by atoms with Crippen molar-refractivity contribution in [2.75, 3.05) is 0 Å². The molecule has 2 N–H and O–H groups in total. The van der Waals surface area contributed by atoms with Crippen LogP contribution in [0.5, 0.6) is 0 Å². The highest BCUT2D eigenvalue weighted by Crippen LogP contribution is 2.17. The molecule has 0 aliphatic heterocycles. The third kappa shape index (κ3) is 3.80. The number of hydrogen-bond donors (Lipinski definition) is 2. The molecular formula is C13H14O6. The summed E-state index contributed by atoms with van der Waals surface area (Å²) in [6.45, 7) is 4.95. The van der Waals surface area contributed by atoms with Gasteiger partial charge >= 0.3 is 17.9 Å². The highest BCUT2D eigenvalue weighted by molar-refractivity contribution is 6.04. The lowest BCUT2D eigenvalue weighted by atomic mass is 10.0. The van der Waals surface area contributed by atoms with Gasteiger partial charge in [0, 0.05) is 0 Å². The van der Waals surface area contributed by atoms with Gasteiger partial charge in [0.25, 0.3) is 0 Å². The zero-order valence-corrected chi connectivity index (χ0v) is 10.8. The van der Waals surface area contributed by atoms with E-state index in [1.54, 1.807) is 20.8 Å². The molecule has 1 aromatic carbocycles. The highest BCUT2D eigenvalue weighted by Gasteiger charge is 2.23. The number of carbonyl (C=O) groups is 3.